The van der Waals surface area contributed by atoms with Crippen LogP contribution in [0.4, 0.5) is 5.69 Å². The van der Waals surface area contributed by atoms with Crippen molar-refractivity contribution in [2.75, 3.05) is 24.5 Å². The van der Waals surface area contributed by atoms with Gasteiger partial charge in [-0.25, -0.2) is 8.42 Å². The smallest absolute Gasteiger partial charge is 0.251 e. The Morgan fingerprint density at radius 3 is 2.34 bits per heavy atom. The number of fused-ring (bicyclic) bond motifs is 1. The van der Waals surface area contributed by atoms with E-state index in [4.69, 9.17) is 0 Å². The van der Waals surface area contributed by atoms with Gasteiger partial charge in [0.15, 0.2) is 0 Å². The predicted octanol–water partition coefficient (Wildman–Crippen LogP) is 4.35. The molecule has 1 fully saturated rings. The predicted molar refractivity (Wildman–Crippen MR) is 138 cm³/mol. The molecule has 7 heteroatoms. The van der Waals surface area contributed by atoms with E-state index in [9.17, 15) is 13.2 Å². The largest absolute Gasteiger partial charge is 0.367 e. The Morgan fingerprint density at radius 2 is 1.57 bits per heavy atom. The average Bonchev–Trinajstić information content (AvgIpc) is 2.92. The molecule has 0 aliphatic carbocycles. The summed E-state index contributed by atoms with van der Waals surface area (Å²) in [6.07, 6.45) is 3.90. The second-order valence-electron chi connectivity index (χ2n) is 9.28. The second-order valence-corrected chi connectivity index (χ2v) is 11.2. The van der Waals surface area contributed by atoms with Crippen LogP contribution >= 0.6 is 0 Å². The molecule has 2 aliphatic rings. The molecule has 0 bridgehead atoms. The minimum absolute atomic E-state index is 0.176. The Balaban J connectivity index is 1.20. The van der Waals surface area contributed by atoms with E-state index in [1.165, 1.54) is 11.1 Å². The van der Waals surface area contributed by atoms with Crippen molar-refractivity contribution < 1.29 is 13.2 Å². The van der Waals surface area contributed by atoms with Crippen LogP contribution in [0.5, 0.6) is 0 Å². The van der Waals surface area contributed by atoms with Gasteiger partial charge in [0.05, 0.1) is 4.90 Å². The molecule has 0 atom stereocenters. The molecule has 35 heavy (non-hydrogen) atoms. The maximum absolute atomic E-state index is 13.0. The Hall–Kier alpha value is -3.16. The summed E-state index contributed by atoms with van der Waals surface area (Å²) in [6, 6.07) is 23.1. The van der Waals surface area contributed by atoms with Crippen LogP contribution in [0, 0.1) is 0 Å². The van der Waals surface area contributed by atoms with E-state index in [0.29, 0.717) is 23.5 Å². The SMILES string of the molecule is O=C(NCc1cccc(S(=O)(=O)N2CCCCC2)c1)c1ccc(N2CCc3ccccc3C2)cc1. The molecule has 0 aromatic heterocycles. The van der Waals surface area contributed by atoms with E-state index >= 15 is 0 Å². The van der Waals surface area contributed by atoms with Gasteiger partial charge in [0.25, 0.3) is 5.91 Å². The van der Waals surface area contributed by atoms with E-state index < -0.39 is 10.0 Å². The Labute approximate surface area is 207 Å². The third kappa shape index (κ3) is 5.26. The molecule has 1 amide bonds. The van der Waals surface area contributed by atoms with Gasteiger partial charge < -0.3 is 10.2 Å². The lowest BCUT2D eigenvalue weighted by Crippen LogP contribution is -2.35. The van der Waals surface area contributed by atoms with E-state index in [-0.39, 0.29) is 12.5 Å². The molecule has 2 aliphatic heterocycles. The van der Waals surface area contributed by atoms with Crippen molar-refractivity contribution in [3.63, 3.8) is 0 Å². The molecule has 0 saturated carbocycles. The highest BCUT2D eigenvalue weighted by atomic mass is 32.2. The van der Waals surface area contributed by atoms with Crippen molar-refractivity contribution in [1.29, 1.82) is 0 Å². The van der Waals surface area contributed by atoms with Crippen LogP contribution in [0.2, 0.25) is 0 Å². The molecule has 0 radical (unpaired) electrons. The van der Waals surface area contributed by atoms with Crippen molar-refractivity contribution in [2.45, 2.75) is 43.7 Å². The lowest BCUT2D eigenvalue weighted by atomic mass is 9.99. The van der Waals surface area contributed by atoms with E-state index in [0.717, 1.165) is 50.0 Å². The number of amides is 1. The number of sulfonamides is 1. The average molecular weight is 490 g/mol. The van der Waals surface area contributed by atoms with Gasteiger partial charge in [0.1, 0.15) is 0 Å². The molecule has 1 N–H and O–H groups in total. The minimum Gasteiger partial charge on any atom is -0.367 e. The number of carbonyl (C=O) groups excluding carboxylic acids is 1. The number of nitrogens with zero attached hydrogens (tertiary/aromatic N) is 2. The van der Waals surface area contributed by atoms with Crippen molar-refractivity contribution in [3.05, 3.63) is 95.1 Å². The van der Waals surface area contributed by atoms with Crippen molar-refractivity contribution in [2.24, 2.45) is 0 Å². The summed E-state index contributed by atoms with van der Waals surface area (Å²) >= 11 is 0. The first kappa shape index (κ1) is 23.6. The molecule has 0 spiro atoms. The normalized spacial score (nSPS) is 16.5. The Kier molecular flexibility index (Phi) is 6.88. The first-order valence-electron chi connectivity index (χ1n) is 12.3. The van der Waals surface area contributed by atoms with Crippen LogP contribution in [-0.2, 0) is 29.5 Å². The molecular weight excluding hydrogens is 458 g/mol. The molecule has 3 aromatic rings. The van der Waals surface area contributed by atoms with E-state index in [1.807, 2.05) is 30.3 Å². The van der Waals surface area contributed by atoms with Gasteiger partial charge in [-0.3, -0.25) is 4.79 Å². The summed E-state index contributed by atoms with van der Waals surface area (Å²) in [5.74, 6) is -0.176. The second kappa shape index (κ2) is 10.2. The number of anilines is 1. The zero-order valence-electron chi connectivity index (χ0n) is 19.8. The highest BCUT2D eigenvalue weighted by Crippen LogP contribution is 2.25. The van der Waals surface area contributed by atoms with Crippen molar-refractivity contribution >= 4 is 21.6 Å². The van der Waals surface area contributed by atoms with Crippen LogP contribution in [0.1, 0.15) is 46.3 Å². The molecular formula is C28H31N3O3S. The summed E-state index contributed by atoms with van der Waals surface area (Å²) in [5, 5.41) is 2.92. The van der Waals surface area contributed by atoms with E-state index in [2.05, 4.69) is 34.5 Å². The van der Waals surface area contributed by atoms with Gasteiger partial charge >= 0.3 is 0 Å². The minimum atomic E-state index is -3.49. The van der Waals surface area contributed by atoms with Crippen molar-refractivity contribution in [1.82, 2.24) is 9.62 Å². The van der Waals surface area contributed by atoms with Gasteiger partial charge in [0, 0.05) is 44.0 Å². The van der Waals surface area contributed by atoms with Gasteiger partial charge in [0.2, 0.25) is 10.0 Å². The maximum atomic E-state index is 13.0. The highest BCUT2D eigenvalue weighted by molar-refractivity contribution is 7.89. The zero-order valence-corrected chi connectivity index (χ0v) is 20.6. The van der Waals surface area contributed by atoms with Crippen LogP contribution in [0.15, 0.2) is 77.7 Å². The van der Waals surface area contributed by atoms with Gasteiger partial charge in [-0.1, -0.05) is 42.8 Å². The third-order valence-electron chi connectivity index (χ3n) is 6.93. The molecule has 0 unspecified atom stereocenters. The summed E-state index contributed by atoms with van der Waals surface area (Å²) in [6.45, 7) is 3.25. The van der Waals surface area contributed by atoms with Gasteiger partial charge in [-0.15, -0.1) is 0 Å². The molecule has 1 saturated heterocycles. The highest BCUT2D eigenvalue weighted by Gasteiger charge is 2.26. The van der Waals surface area contributed by atoms with E-state index in [1.54, 1.807) is 22.5 Å². The van der Waals surface area contributed by atoms with Crippen LogP contribution in [0.25, 0.3) is 0 Å². The first-order valence-corrected chi connectivity index (χ1v) is 13.7. The molecule has 3 aromatic carbocycles. The fourth-order valence-electron chi connectivity index (χ4n) is 4.89. The maximum Gasteiger partial charge on any atom is 0.251 e. The fourth-order valence-corrected chi connectivity index (χ4v) is 6.48. The lowest BCUT2D eigenvalue weighted by Gasteiger charge is -2.30. The number of hydrogen-bond donors (Lipinski definition) is 1. The summed E-state index contributed by atoms with van der Waals surface area (Å²) in [7, 11) is -3.49. The molecule has 6 nitrogen and oxygen atoms in total. The summed E-state index contributed by atoms with van der Waals surface area (Å²) < 4.78 is 27.5. The monoisotopic (exact) mass is 489 g/mol. The first-order chi connectivity index (χ1) is 17.0. The zero-order chi connectivity index (χ0) is 24.3. The number of nitrogens with one attached hydrogen (secondary N) is 1. The van der Waals surface area contributed by atoms with Gasteiger partial charge in [-0.2, -0.15) is 4.31 Å². The quantitative estimate of drug-likeness (QED) is 0.559. The van der Waals surface area contributed by atoms with Crippen molar-refractivity contribution in [3.8, 4) is 0 Å². The van der Waals surface area contributed by atoms with Crippen LogP contribution in [0.3, 0.4) is 0 Å². The van der Waals surface area contributed by atoms with Crippen LogP contribution in [-0.4, -0.2) is 38.3 Å². The third-order valence-corrected chi connectivity index (χ3v) is 8.82. The molecule has 2 heterocycles. The number of hydrogen-bond acceptors (Lipinski definition) is 4. The fraction of sp³-hybridized carbons (Fsp3) is 0.321. The topological polar surface area (TPSA) is 69.7 Å². The number of rotatable bonds is 6. The number of carbonyl (C=O) groups is 1. The standard InChI is InChI=1S/C28H31N3O3S/c32-28(24-11-13-26(14-12-24)30-18-15-23-8-2-3-9-25(23)21-30)29-20-22-7-6-10-27(19-22)35(33,34)31-16-4-1-5-17-31/h2-3,6-14,19H,1,4-5,15-18,20-21H2,(H,29,32). The summed E-state index contributed by atoms with van der Waals surface area (Å²) in [5.41, 5.74) is 5.22. The lowest BCUT2D eigenvalue weighted by molar-refractivity contribution is 0.0951. The number of piperidine rings is 1. The molecule has 5 rings (SSSR count). The van der Waals surface area contributed by atoms with Crippen LogP contribution < -0.4 is 10.2 Å². The summed E-state index contributed by atoms with van der Waals surface area (Å²) in [4.78, 5) is 15.4. The number of benzene rings is 3. The molecule has 182 valence electrons. The Bertz CT molecular complexity index is 1300. The Morgan fingerprint density at radius 1 is 0.829 bits per heavy atom. The van der Waals surface area contributed by atoms with Gasteiger partial charge in [-0.05, 0) is 72.4 Å².